The van der Waals surface area contributed by atoms with Crippen LogP contribution in [0.1, 0.15) is 60.3 Å². The smallest absolute Gasteiger partial charge is 0.391 e. The molecule has 1 saturated carbocycles. The average Bonchev–Trinajstić information content (AvgIpc) is 2.93. The molecule has 1 unspecified atom stereocenters. The monoisotopic (exact) mass is 578 g/mol. The van der Waals surface area contributed by atoms with Crippen molar-refractivity contribution in [2.75, 3.05) is 19.0 Å². The fourth-order valence-electron chi connectivity index (χ4n) is 5.00. The highest BCUT2D eigenvalue weighted by Crippen LogP contribution is 2.40. The van der Waals surface area contributed by atoms with Crippen molar-refractivity contribution >= 4 is 26.6 Å². The average molecular weight is 579 g/mol. The van der Waals surface area contributed by atoms with Gasteiger partial charge in [-0.2, -0.15) is 13.2 Å². The number of aromatic nitrogens is 1. The van der Waals surface area contributed by atoms with Gasteiger partial charge in [-0.05, 0) is 74.4 Å². The molecule has 2 N–H and O–H groups in total. The van der Waals surface area contributed by atoms with Crippen LogP contribution in [0, 0.1) is 18.8 Å². The van der Waals surface area contributed by atoms with E-state index < -0.39 is 33.9 Å². The van der Waals surface area contributed by atoms with Crippen LogP contribution in [0.4, 0.5) is 13.2 Å². The molecule has 0 spiro atoms. The Hall–Kier alpha value is -3.18. The van der Waals surface area contributed by atoms with Crippen LogP contribution in [0.5, 0.6) is 5.75 Å². The summed E-state index contributed by atoms with van der Waals surface area (Å²) in [5.41, 5.74) is 2.06. The summed E-state index contributed by atoms with van der Waals surface area (Å²) in [4.78, 5) is 17.7. The van der Waals surface area contributed by atoms with Gasteiger partial charge in [-0.25, -0.2) is 8.42 Å². The number of pyridine rings is 1. The van der Waals surface area contributed by atoms with Gasteiger partial charge in [0.15, 0.2) is 9.84 Å². The number of hydrogen-bond donors (Lipinski definition) is 2. The summed E-state index contributed by atoms with van der Waals surface area (Å²) in [6.07, 6.45) is -3.00. The highest BCUT2D eigenvalue weighted by atomic mass is 32.2. The van der Waals surface area contributed by atoms with Gasteiger partial charge in [0.1, 0.15) is 5.75 Å². The Kier molecular flexibility index (Phi) is 9.04. The molecule has 1 fully saturated rings. The lowest BCUT2D eigenvalue weighted by atomic mass is 9.82. The van der Waals surface area contributed by atoms with E-state index in [1.54, 1.807) is 50.2 Å². The molecule has 1 aromatic heterocycles. The number of alkyl halides is 3. The molecule has 3 aromatic rings. The number of nitrogens with one attached hydrogen (secondary N) is 1. The third kappa shape index (κ3) is 6.93. The van der Waals surface area contributed by atoms with Gasteiger partial charge in [0, 0.05) is 22.7 Å². The molecule has 1 atom stereocenters. The normalized spacial score (nSPS) is 18.9. The second-order valence-corrected chi connectivity index (χ2v) is 12.5. The minimum Gasteiger partial charge on any atom is -0.493 e. The molecule has 1 heterocycles. The quantitative estimate of drug-likeness (QED) is 0.345. The van der Waals surface area contributed by atoms with Gasteiger partial charge >= 0.3 is 6.18 Å². The fraction of sp³-hybridized carbons (Fsp3) is 0.448. The number of amides is 1. The molecule has 1 amide bonds. The van der Waals surface area contributed by atoms with Gasteiger partial charge in [-0.3, -0.25) is 9.78 Å². The van der Waals surface area contributed by atoms with E-state index in [1.165, 1.54) is 12.1 Å². The minimum atomic E-state index is -4.14. The third-order valence-corrected chi connectivity index (χ3v) is 9.21. The number of sulfone groups is 1. The first kappa shape index (κ1) is 29.8. The van der Waals surface area contributed by atoms with Crippen LogP contribution in [-0.2, 0) is 9.84 Å². The van der Waals surface area contributed by atoms with E-state index in [4.69, 9.17) is 4.74 Å². The van der Waals surface area contributed by atoms with Crippen molar-refractivity contribution in [3.05, 3.63) is 65.4 Å². The lowest BCUT2D eigenvalue weighted by molar-refractivity contribution is -0.184. The summed E-state index contributed by atoms with van der Waals surface area (Å²) in [6.45, 7) is 3.26. The molecule has 7 nitrogen and oxygen atoms in total. The van der Waals surface area contributed by atoms with Crippen LogP contribution in [0.2, 0.25) is 0 Å². The summed E-state index contributed by atoms with van der Waals surface area (Å²) in [6, 6.07) is 12.0. The number of aliphatic hydroxyl groups is 1. The third-order valence-electron chi connectivity index (χ3n) is 7.46. The van der Waals surface area contributed by atoms with Crippen LogP contribution in [0.3, 0.4) is 0 Å². The molecule has 1 aliphatic carbocycles. The van der Waals surface area contributed by atoms with Gasteiger partial charge in [0.05, 0.1) is 41.3 Å². The summed E-state index contributed by atoms with van der Waals surface area (Å²) < 4.78 is 69.1. The van der Waals surface area contributed by atoms with Crippen LogP contribution >= 0.6 is 0 Å². The summed E-state index contributed by atoms with van der Waals surface area (Å²) >= 11 is 0. The molecule has 40 heavy (non-hydrogen) atoms. The highest BCUT2D eigenvalue weighted by molar-refractivity contribution is 7.91. The van der Waals surface area contributed by atoms with E-state index in [-0.39, 0.29) is 36.0 Å². The van der Waals surface area contributed by atoms with Gasteiger partial charge in [0.25, 0.3) is 5.91 Å². The van der Waals surface area contributed by atoms with Crippen molar-refractivity contribution in [1.82, 2.24) is 10.3 Å². The lowest BCUT2D eigenvalue weighted by Gasteiger charge is -2.29. The lowest BCUT2D eigenvalue weighted by Crippen LogP contribution is -2.30. The predicted octanol–water partition coefficient (Wildman–Crippen LogP) is 5.55. The summed E-state index contributed by atoms with van der Waals surface area (Å²) in [5.74, 6) is -1.11. The molecule has 0 aliphatic heterocycles. The largest absolute Gasteiger partial charge is 0.493 e. The second kappa shape index (κ2) is 12.1. The Morgan fingerprint density at radius 1 is 1.10 bits per heavy atom. The Bertz CT molecular complexity index is 1450. The molecular weight excluding hydrogens is 545 g/mol. The first-order chi connectivity index (χ1) is 18.9. The number of hydrogen-bond acceptors (Lipinski definition) is 6. The van der Waals surface area contributed by atoms with E-state index >= 15 is 0 Å². The van der Waals surface area contributed by atoms with E-state index in [1.807, 2.05) is 0 Å². The second-order valence-electron chi connectivity index (χ2n) is 10.2. The zero-order valence-electron chi connectivity index (χ0n) is 22.4. The summed E-state index contributed by atoms with van der Waals surface area (Å²) in [5, 5.41) is 13.3. The number of halogens is 3. The van der Waals surface area contributed by atoms with E-state index in [0.717, 1.165) is 0 Å². The maximum absolute atomic E-state index is 13.0. The van der Waals surface area contributed by atoms with Crippen molar-refractivity contribution in [1.29, 1.82) is 0 Å². The molecule has 1 aliphatic rings. The van der Waals surface area contributed by atoms with Gasteiger partial charge < -0.3 is 15.2 Å². The zero-order valence-corrected chi connectivity index (χ0v) is 23.2. The van der Waals surface area contributed by atoms with Gasteiger partial charge in [-0.1, -0.05) is 19.1 Å². The number of carbonyl (C=O) groups is 1. The number of aliphatic hydroxyl groups excluding tert-OH is 1. The van der Waals surface area contributed by atoms with Crippen molar-refractivity contribution in [2.24, 2.45) is 11.8 Å². The molecule has 0 bridgehead atoms. The molecule has 216 valence electrons. The first-order valence-corrected chi connectivity index (χ1v) is 14.9. The number of ether oxygens (including phenoxy) is 1. The maximum Gasteiger partial charge on any atom is 0.391 e. The minimum absolute atomic E-state index is 0.0301. The summed E-state index contributed by atoms with van der Waals surface area (Å²) in [7, 11) is -3.37. The van der Waals surface area contributed by atoms with Crippen LogP contribution in [0.25, 0.3) is 10.9 Å². The maximum atomic E-state index is 13.0. The molecule has 0 saturated heterocycles. The molecular formula is C29H33F3N2O5S. The Morgan fingerprint density at radius 3 is 2.38 bits per heavy atom. The Morgan fingerprint density at radius 2 is 1.77 bits per heavy atom. The van der Waals surface area contributed by atoms with Gasteiger partial charge in [-0.15, -0.1) is 0 Å². The van der Waals surface area contributed by atoms with E-state index in [0.29, 0.717) is 52.9 Å². The number of fused-ring (bicyclic) bond motifs is 1. The number of rotatable bonds is 9. The molecule has 0 radical (unpaired) electrons. The fourth-order valence-corrected chi connectivity index (χ4v) is 5.88. The molecule has 11 heteroatoms. The number of benzene rings is 2. The Labute approximate surface area is 231 Å². The van der Waals surface area contributed by atoms with Crippen LogP contribution < -0.4 is 10.1 Å². The van der Waals surface area contributed by atoms with Crippen molar-refractivity contribution < 1.29 is 36.2 Å². The Balaban J connectivity index is 1.45. The van der Waals surface area contributed by atoms with E-state index in [2.05, 4.69) is 10.3 Å². The number of nitrogens with zero attached hydrogens (tertiary/aromatic N) is 1. The topological polar surface area (TPSA) is 106 Å². The van der Waals surface area contributed by atoms with Gasteiger partial charge in [0.2, 0.25) is 0 Å². The number of carbonyl (C=O) groups excluding carboxylic acids is 1. The molecule has 4 rings (SSSR count). The predicted molar refractivity (Wildman–Crippen MR) is 145 cm³/mol. The first-order valence-electron chi connectivity index (χ1n) is 13.3. The molecule has 2 aromatic carbocycles. The van der Waals surface area contributed by atoms with Crippen molar-refractivity contribution in [3.63, 3.8) is 0 Å². The van der Waals surface area contributed by atoms with E-state index in [9.17, 15) is 31.5 Å². The van der Waals surface area contributed by atoms with Crippen molar-refractivity contribution in [3.8, 4) is 5.75 Å². The van der Waals surface area contributed by atoms with Crippen molar-refractivity contribution in [2.45, 2.75) is 56.6 Å². The SMILES string of the molecule is CCS(=O)(=O)c1ccc(C(CO)NC(=O)c2ccc3c(OC[C@H]4CC[C@H](C(F)(F)F)CC4)cc(C)nc3c2)cc1. The van der Waals surface area contributed by atoms with Crippen LogP contribution in [-0.4, -0.2) is 49.6 Å². The van der Waals surface area contributed by atoms with Crippen LogP contribution in [0.15, 0.2) is 53.4 Å². The standard InChI is InChI=1S/C29H33F3N2O5S/c1-3-40(37,38)23-11-6-20(7-12-23)26(16-35)34-28(36)21-8-13-24-25(15-21)33-18(2)14-27(24)39-17-19-4-9-22(10-5-19)29(30,31)32/h6-8,11-15,19,22,26,35H,3-5,9-10,16-17H2,1-2H3,(H,34,36)/t19-,22-,26?. The zero-order chi connectivity index (χ0) is 29.1. The number of aryl methyl sites for hydroxylation is 1. The highest BCUT2D eigenvalue weighted by Gasteiger charge is 2.41.